The minimum Gasteiger partial charge on any atom is -0.492 e. The summed E-state index contributed by atoms with van der Waals surface area (Å²) in [5, 5.41) is 14.5. The van der Waals surface area contributed by atoms with Crippen LogP contribution in [0, 0.1) is 5.82 Å². The zero-order valence-corrected chi connectivity index (χ0v) is 18.0. The van der Waals surface area contributed by atoms with Crippen LogP contribution in [0.3, 0.4) is 0 Å². The SMILES string of the molecule is CCOc1ccccc1Nc1nnc(SCC(=O)Nc2ccc(Br)cc2F)s1. The number of hydrogen-bond acceptors (Lipinski definition) is 7. The minimum atomic E-state index is -0.497. The van der Waals surface area contributed by atoms with Crippen molar-refractivity contribution in [3.05, 3.63) is 52.8 Å². The molecule has 0 aliphatic carbocycles. The Balaban J connectivity index is 1.55. The zero-order valence-electron chi connectivity index (χ0n) is 14.7. The van der Waals surface area contributed by atoms with Crippen molar-refractivity contribution in [2.24, 2.45) is 0 Å². The predicted molar refractivity (Wildman–Crippen MR) is 114 cm³/mol. The first-order chi connectivity index (χ1) is 13.5. The van der Waals surface area contributed by atoms with Crippen molar-refractivity contribution in [3.8, 4) is 5.75 Å². The molecule has 2 N–H and O–H groups in total. The minimum absolute atomic E-state index is 0.0969. The Labute approximate surface area is 178 Å². The van der Waals surface area contributed by atoms with E-state index >= 15 is 0 Å². The number of carbonyl (C=O) groups excluding carboxylic acids is 1. The summed E-state index contributed by atoms with van der Waals surface area (Å²) in [5.74, 6) is 0.00525. The van der Waals surface area contributed by atoms with Crippen molar-refractivity contribution in [2.45, 2.75) is 11.3 Å². The molecule has 0 aliphatic heterocycles. The maximum Gasteiger partial charge on any atom is 0.234 e. The van der Waals surface area contributed by atoms with E-state index in [4.69, 9.17) is 4.74 Å². The quantitative estimate of drug-likeness (QED) is 0.423. The van der Waals surface area contributed by atoms with Gasteiger partial charge in [0.25, 0.3) is 0 Å². The second-order valence-corrected chi connectivity index (χ2v) is 8.50. The van der Waals surface area contributed by atoms with Crippen LogP contribution in [-0.4, -0.2) is 28.5 Å². The molecule has 0 saturated heterocycles. The summed E-state index contributed by atoms with van der Waals surface area (Å²) in [4.78, 5) is 12.1. The van der Waals surface area contributed by atoms with Gasteiger partial charge in [-0.2, -0.15) is 0 Å². The maximum atomic E-state index is 13.8. The van der Waals surface area contributed by atoms with Crippen LogP contribution in [0.2, 0.25) is 0 Å². The molecule has 0 fully saturated rings. The van der Waals surface area contributed by atoms with Gasteiger partial charge in [0.2, 0.25) is 11.0 Å². The van der Waals surface area contributed by atoms with Crippen LogP contribution in [0.25, 0.3) is 0 Å². The van der Waals surface area contributed by atoms with Gasteiger partial charge in [-0.25, -0.2) is 4.39 Å². The largest absolute Gasteiger partial charge is 0.492 e. The van der Waals surface area contributed by atoms with Crippen molar-refractivity contribution in [1.82, 2.24) is 10.2 Å². The highest BCUT2D eigenvalue weighted by Crippen LogP contribution is 2.31. The Morgan fingerprint density at radius 3 is 2.86 bits per heavy atom. The molecule has 28 heavy (non-hydrogen) atoms. The van der Waals surface area contributed by atoms with E-state index in [1.807, 2.05) is 31.2 Å². The monoisotopic (exact) mass is 482 g/mol. The lowest BCUT2D eigenvalue weighted by atomic mass is 10.3. The molecule has 0 bridgehead atoms. The average molecular weight is 483 g/mol. The third-order valence-electron chi connectivity index (χ3n) is 3.37. The molecule has 3 aromatic rings. The van der Waals surface area contributed by atoms with E-state index in [1.54, 1.807) is 6.07 Å². The number of hydrogen-bond donors (Lipinski definition) is 2. The zero-order chi connectivity index (χ0) is 19.9. The van der Waals surface area contributed by atoms with Gasteiger partial charge in [0.1, 0.15) is 11.6 Å². The molecule has 0 radical (unpaired) electrons. The van der Waals surface area contributed by atoms with Crippen molar-refractivity contribution in [3.63, 3.8) is 0 Å². The number of carbonyl (C=O) groups is 1. The molecule has 0 saturated carbocycles. The third-order valence-corrected chi connectivity index (χ3v) is 5.83. The number of anilines is 3. The summed E-state index contributed by atoms with van der Waals surface area (Å²) in [6.45, 7) is 2.48. The second kappa shape index (κ2) is 9.85. The summed E-state index contributed by atoms with van der Waals surface area (Å²) in [5.41, 5.74) is 0.932. The Hall–Kier alpha value is -2.17. The number of nitrogens with one attached hydrogen (secondary N) is 2. The second-order valence-electron chi connectivity index (χ2n) is 5.39. The molecule has 3 rings (SSSR count). The Morgan fingerprint density at radius 1 is 1.25 bits per heavy atom. The molecule has 2 aromatic carbocycles. The Bertz CT molecular complexity index is 970. The lowest BCUT2D eigenvalue weighted by molar-refractivity contribution is -0.113. The Morgan fingerprint density at radius 2 is 2.07 bits per heavy atom. The average Bonchev–Trinajstić information content (AvgIpc) is 3.12. The first-order valence-corrected chi connectivity index (χ1v) is 10.8. The van der Waals surface area contributed by atoms with Gasteiger partial charge in [-0.1, -0.05) is 51.2 Å². The van der Waals surface area contributed by atoms with Crippen molar-refractivity contribution >= 4 is 61.4 Å². The van der Waals surface area contributed by atoms with Crippen LogP contribution in [-0.2, 0) is 4.79 Å². The summed E-state index contributed by atoms with van der Waals surface area (Å²) >= 11 is 5.73. The fourth-order valence-corrected chi connectivity index (χ4v) is 4.09. The number of thioether (sulfide) groups is 1. The van der Waals surface area contributed by atoms with Crippen molar-refractivity contribution in [1.29, 1.82) is 0 Å². The predicted octanol–water partition coefficient (Wildman–Crippen LogP) is 5.31. The van der Waals surface area contributed by atoms with Crippen molar-refractivity contribution < 1.29 is 13.9 Å². The van der Waals surface area contributed by atoms with Crippen LogP contribution in [0.1, 0.15) is 6.92 Å². The molecule has 1 amide bonds. The number of aromatic nitrogens is 2. The molecule has 146 valence electrons. The standard InChI is InChI=1S/C18H16BrFN4O2S2/c1-2-26-15-6-4-3-5-14(15)22-17-23-24-18(28-17)27-10-16(25)21-13-8-7-11(19)9-12(13)20/h3-9H,2,10H2,1H3,(H,21,25)(H,22,23). The maximum absolute atomic E-state index is 13.8. The normalized spacial score (nSPS) is 10.5. The molecular weight excluding hydrogens is 467 g/mol. The first kappa shape index (κ1) is 20.6. The number of nitrogens with zero attached hydrogens (tertiary/aromatic N) is 2. The topological polar surface area (TPSA) is 76.1 Å². The fraction of sp³-hybridized carbons (Fsp3) is 0.167. The lowest BCUT2D eigenvalue weighted by Crippen LogP contribution is -2.14. The van der Waals surface area contributed by atoms with Gasteiger partial charge in [0.05, 0.1) is 23.7 Å². The van der Waals surface area contributed by atoms with E-state index < -0.39 is 5.82 Å². The summed E-state index contributed by atoms with van der Waals surface area (Å²) in [6.07, 6.45) is 0. The number of benzene rings is 2. The van der Waals surface area contributed by atoms with E-state index in [2.05, 4.69) is 36.8 Å². The molecule has 1 aromatic heterocycles. The van der Waals surface area contributed by atoms with Gasteiger partial charge in [0, 0.05) is 4.47 Å². The number of rotatable bonds is 8. The van der Waals surface area contributed by atoms with Crippen LogP contribution in [0.4, 0.5) is 20.9 Å². The molecular formula is C18H16BrFN4O2S2. The molecule has 10 heteroatoms. The number of halogens is 2. The summed E-state index contributed by atoms with van der Waals surface area (Å²) in [6, 6.07) is 12.0. The molecule has 0 aliphatic rings. The molecule has 6 nitrogen and oxygen atoms in total. The van der Waals surface area contributed by atoms with Crippen LogP contribution < -0.4 is 15.4 Å². The van der Waals surface area contributed by atoms with E-state index in [9.17, 15) is 9.18 Å². The van der Waals surface area contributed by atoms with Gasteiger partial charge < -0.3 is 15.4 Å². The highest BCUT2D eigenvalue weighted by atomic mass is 79.9. The lowest BCUT2D eigenvalue weighted by Gasteiger charge is -2.09. The number of ether oxygens (including phenoxy) is 1. The number of amides is 1. The molecule has 0 unspecified atom stereocenters. The summed E-state index contributed by atoms with van der Waals surface area (Å²) < 4.78 is 20.6. The van der Waals surface area contributed by atoms with Crippen LogP contribution >= 0.6 is 39.0 Å². The van der Waals surface area contributed by atoms with E-state index in [1.165, 1.54) is 35.2 Å². The number of para-hydroxylation sites is 2. The smallest absolute Gasteiger partial charge is 0.234 e. The van der Waals surface area contributed by atoms with Gasteiger partial charge in [-0.15, -0.1) is 10.2 Å². The first-order valence-electron chi connectivity index (χ1n) is 8.25. The Kier molecular flexibility index (Phi) is 7.24. The fourth-order valence-electron chi connectivity index (χ4n) is 2.19. The van der Waals surface area contributed by atoms with Gasteiger partial charge in [-0.3, -0.25) is 4.79 Å². The van der Waals surface area contributed by atoms with Crippen molar-refractivity contribution in [2.75, 3.05) is 23.0 Å². The van der Waals surface area contributed by atoms with Crippen LogP contribution in [0.5, 0.6) is 5.75 Å². The molecule has 1 heterocycles. The van der Waals surface area contributed by atoms with Gasteiger partial charge in [-0.05, 0) is 37.3 Å². The van der Waals surface area contributed by atoms with E-state index in [0.29, 0.717) is 20.6 Å². The molecule has 0 atom stereocenters. The van der Waals surface area contributed by atoms with Crippen LogP contribution in [0.15, 0.2) is 51.3 Å². The van der Waals surface area contributed by atoms with E-state index in [-0.39, 0.29) is 17.3 Å². The summed E-state index contributed by atoms with van der Waals surface area (Å²) in [7, 11) is 0. The highest BCUT2D eigenvalue weighted by Gasteiger charge is 2.12. The third kappa shape index (κ3) is 5.66. The van der Waals surface area contributed by atoms with Gasteiger partial charge >= 0.3 is 0 Å². The highest BCUT2D eigenvalue weighted by molar-refractivity contribution is 9.10. The molecule has 0 spiro atoms. The van der Waals surface area contributed by atoms with Gasteiger partial charge in [0.15, 0.2) is 4.34 Å². The van der Waals surface area contributed by atoms with E-state index in [0.717, 1.165) is 11.4 Å².